The maximum absolute atomic E-state index is 13.0. The zero-order chi connectivity index (χ0) is 21.2. The van der Waals surface area contributed by atoms with E-state index in [2.05, 4.69) is 21.2 Å². The Morgan fingerprint density at radius 3 is 2.10 bits per heavy atom. The number of rotatable bonds is 5. The van der Waals surface area contributed by atoms with Crippen molar-refractivity contribution in [3.8, 4) is 0 Å². The summed E-state index contributed by atoms with van der Waals surface area (Å²) in [6, 6.07) is 13.8. The van der Waals surface area contributed by atoms with Crippen molar-refractivity contribution in [2.24, 2.45) is 0 Å². The standard InChI is InChI=1S/C22H23BrN2O4/c1-22(2,3)29-21(28)24-13-12-18(14-8-10-15(23)11-9-14)25-19(26)16-6-4-5-7-17(16)20(25)27/h4-11,18H,12-13H2,1-3H3,(H,24,28). The van der Waals surface area contributed by atoms with Crippen molar-refractivity contribution in [2.45, 2.75) is 38.8 Å². The van der Waals surface area contributed by atoms with Crippen LogP contribution in [0, 0.1) is 0 Å². The van der Waals surface area contributed by atoms with E-state index in [4.69, 9.17) is 4.74 Å². The fraction of sp³-hybridized carbons (Fsp3) is 0.318. The molecular weight excluding hydrogens is 436 g/mol. The largest absolute Gasteiger partial charge is 0.444 e. The van der Waals surface area contributed by atoms with Crippen LogP contribution in [-0.4, -0.2) is 35.0 Å². The highest BCUT2D eigenvalue weighted by Crippen LogP contribution is 2.33. The molecule has 0 fully saturated rings. The predicted molar refractivity (Wildman–Crippen MR) is 113 cm³/mol. The van der Waals surface area contributed by atoms with Gasteiger partial charge in [-0.15, -0.1) is 0 Å². The Kier molecular flexibility index (Phi) is 6.07. The van der Waals surface area contributed by atoms with Gasteiger partial charge in [-0.3, -0.25) is 14.5 Å². The zero-order valence-electron chi connectivity index (χ0n) is 16.6. The van der Waals surface area contributed by atoms with E-state index in [0.29, 0.717) is 17.5 Å². The highest BCUT2D eigenvalue weighted by Gasteiger charge is 2.40. The SMILES string of the molecule is CC(C)(C)OC(=O)NCCC(c1ccc(Br)cc1)N1C(=O)c2ccccc2C1=O. The highest BCUT2D eigenvalue weighted by molar-refractivity contribution is 9.10. The lowest BCUT2D eigenvalue weighted by molar-refractivity contribution is 0.0517. The number of benzene rings is 2. The number of halogens is 1. The van der Waals surface area contributed by atoms with Crippen molar-refractivity contribution in [3.05, 3.63) is 69.7 Å². The molecule has 0 radical (unpaired) electrons. The van der Waals surface area contributed by atoms with Crippen molar-refractivity contribution in [2.75, 3.05) is 6.54 Å². The molecule has 0 saturated carbocycles. The highest BCUT2D eigenvalue weighted by atomic mass is 79.9. The number of carbonyl (C=O) groups excluding carboxylic acids is 3. The van der Waals surface area contributed by atoms with Crippen LogP contribution in [0.5, 0.6) is 0 Å². The maximum Gasteiger partial charge on any atom is 0.407 e. The van der Waals surface area contributed by atoms with Crippen LogP contribution in [0.25, 0.3) is 0 Å². The molecular formula is C22H23BrN2O4. The molecule has 1 unspecified atom stereocenters. The van der Waals surface area contributed by atoms with Gasteiger partial charge in [-0.2, -0.15) is 0 Å². The van der Waals surface area contributed by atoms with Crippen molar-refractivity contribution in [1.29, 1.82) is 0 Å². The van der Waals surface area contributed by atoms with Crippen LogP contribution in [0.3, 0.4) is 0 Å². The fourth-order valence-corrected chi connectivity index (χ4v) is 3.51. The second-order valence-corrected chi connectivity index (χ2v) is 8.73. The van der Waals surface area contributed by atoms with Crippen LogP contribution >= 0.6 is 15.9 Å². The molecule has 0 spiro atoms. The molecule has 3 amide bonds. The van der Waals surface area contributed by atoms with Gasteiger partial charge < -0.3 is 10.1 Å². The van der Waals surface area contributed by atoms with Gasteiger partial charge in [-0.1, -0.05) is 40.2 Å². The minimum Gasteiger partial charge on any atom is -0.444 e. The molecule has 0 bridgehead atoms. The molecule has 1 N–H and O–H groups in total. The Morgan fingerprint density at radius 2 is 1.59 bits per heavy atom. The molecule has 152 valence electrons. The molecule has 0 aromatic heterocycles. The first kappa shape index (κ1) is 21.0. The molecule has 3 rings (SSSR count). The van der Waals surface area contributed by atoms with Crippen LogP contribution in [0.15, 0.2) is 53.0 Å². The summed E-state index contributed by atoms with van der Waals surface area (Å²) < 4.78 is 6.15. The fourth-order valence-electron chi connectivity index (χ4n) is 3.25. The molecule has 7 heteroatoms. The van der Waals surface area contributed by atoms with Crippen molar-refractivity contribution in [3.63, 3.8) is 0 Å². The van der Waals surface area contributed by atoms with Crippen LogP contribution in [0.4, 0.5) is 4.79 Å². The number of nitrogens with one attached hydrogen (secondary N) is 1. The summed E-state index contributed by atoms with van der Waals surface area (Å²) in [5.41, 5.74) is 1.02. The van der Waals surface area contributed by atoms with E-state index in [0.717, 1.165) is 10.0 Å². The number of ether oxygens (including phenoxy) is 1. The smallest absolute Gasteiger partial charge is 0.407 e. The minimum absolute atomic E-state index is 0.253. The molecule has 1 aliphatic heterocycles. The van der Waals surface area contributed by atoms with Crippen LogP contribution in [0.1, 0.15) is 59.5 Å². The summed E-state index contributed by atoms with van der Waals surface area (Å²) in [5.74, 6) is -0.647. The van der Waals surface area contributed by atoms with Gasteiger partial charge in [0.2, 0.25) is 0 Å². The third-order valence-corrected chi connectivity index (χ3v) is 5.01. The monoisotopic (exact) mass is 458 g/mol. The number of nitrogens with zero attached hydrogens (tertiary/aromatic N) is 1. The van der Waals surface area contributed by atoms with Gasteiger partial charge in [0.05, 0.1) is 17.2 Å². The van der Waals surface area contributed by atoms with Gasteiger partial charge in [0.1, 0.15) is 5.60 Å². The average Bonchev–Trinajstić information content (AvgIpc) is 2.90. The van der Waals surface area contributed by atoms with Gasteiger partial charge in [-0.05, 0) is 57.0 Å². The summed E-state index contributed by atoms with van der Waals surface area (Å²) in [4.78, 5) is 39.2. The normalized spacial score (nSPS) is 14.6. The van der Waals surface area contributed by atoms with Gasteiger partial charge in [0.15, 0.2) is 0 Å². The Hall–Kier alpha value is -2.67. The molecule has 1 aliphatic rings. The molecule has 2 aromatic carbocycles. The Balaban J connectivity index is 1.81. The predicted octanol–water partition coefficient (Wildman–Crippen LogP) is 4.70. The topological polar surface area (TPSA) is 75.7 Å². The van der Waals surface area contributed by atoms with Crippen LogP contribution in [0.2, 0.25) is 0 Å². The zero-order valence-corrected chi connectivity index (χ0v) is 18.2. The second kappa shape index (κ2) is 8.37. The summed E-state index contributed by atoms with van der Waals surface area (Å²) >= 11 is 3.40. The lowest BCUT2D eigenvalue weighted by Crippen LogP contribution is -2.38. The van der Waals surface area contributed by atoms with Crippen molar-refractivity contribution >= 4 is 33.8 Å². The summed E-state index contributed by atoms with van der Waals surface area (Å²) in [5, 5.41) is 2.71. The van der Waals surface area contributed by atoms with Gasteiger partial charge >= 0.3 is 6.09 Å². The van der Waals surface area contributed by atoms with Gasteiger partial charge in [0.25, 0.3) is 11.8 Å². The number of hydrogen-bond acceptors (Lipinski definition) is 4. The van der Waals surface area contributed by atoms with E-state index >= 15 is 0 Å². The van der Waals surface area contributed by atoms with E-state index < -0.39 is 17.7 Å². The van der Waals surface area contributed by atoms with Crippen molar-refractivity contribution < 1.29 is 19.1 Å². The second-order valence-electron chi connectivity index (χ2n) is 7.81. The minimum atomic E-state index is -0.599. The first-order valence-corrected chi connectivity index (χ1v) is 10.2. The third kappa shape index (κ3) is 4.85. The van der Waals surface area contributed by atoms with E-state index in [1.54, 1.807) is 45.0 Å². The van der Waals surface area contributed by atoms with Crippen LogP contribution in [-0.2, 0) is 4.74 Å². The first-order valence-electron chi connectivity index (χ1n) is 9.36. The van der Waals surface area contributed by atoms with E-state index in [9.17, 15) is 14.4 Å². The van der Waals surface area contributed by atoms with E-state index in [-0.39, 0.29) is 18.4 Å². The quantitative estimate of drug-likeness (QED) is 0.658. The Labute approximate surface area is 178 Å². The van der Waals surface area contributed by atoms with Gasteiger partial charge in [0, 0.05) is 11.0 Å². The maximum atomic E-state index is 13.0. The molecule has 0 saturated heterocycles. The lowest BCUT2D eigenvalue weighted by Gasteiger charge is -2.27. The molecule has 1 atom stereocenters. The summed E-state index contributed by atoms with van der Waals surface area (Å²) in [7, 11) is 0. The average molecular weight is 459 g/mol. The number of alkyl carbamates (subject to hydrolysis) is 1. The summed E-state index contributed by atoms with van der Waals surface area (Å²) in [6.45, 7) is 5.62. The molecule has 0 aliphatic carbocycles. The summed E-state index contributed by atoms with van der Waals surface area (Å²) in [6.07, 6.45) is -0.166. The number of imide groups is 1. The van der Waals surface area contributed by atoms with Crippen LogP contribution < -0.4 is 5.32 Å². The number of carbonyl (C=O) groups is 3. The Morgan fingerprint density at radius 1 is 1.03 bits per heavy atom. The van der Waals surface area contributed by atoms with E-state index in [1.165, 1.54) is 4.90 Å². The van der Waals surface area contributed by atoms with Crippen molar-refractivity contribution in [1.82, 2.24) is 10.2 Å². The number of fused-ring (bicyclic) bond motifs is 1. The number of amides is 3. The Bertz CT molecular complexity index is 900. The molecule has 1 heterocycles. The third-order valence-electron chi connectivity index (χ3n) is 4.48. The number of hydrogen-bond donors (Lipinski definition) is 1. The molecule has 6 nitrogen and oxygen atoms in total. The van der Waals surface area contributed by atoms with Gasteiger partial charge in [-0.25, -0.2) is 4.79 Å². The molecule has 2 aromatic rings. The first-order chi connectivity index (χ1) is 13.7. The lowest BCUT2D eigenvalue weighted by atomic mass is 10.0. The molecule has 29 heavy (non-hydrogen) atoms. The van der Waals surface area contributed by atoms with E-state index in [1.807, 2.05) is 24.3 Å².